The number of carbonyl (C=O) groups excluding carboxylic acids is 1. The van der Waals surface area contributed by atoms with E-state index in [1.165, 1.54) is 22.2 Å². The van der Waals surface area contributed by atoms with Crippen LogP contribution in [0.25, 0.3) is 20.7 Å². The SMILES string of the molecule is O=C(Cn1cnc2cc(-c3ccc(Cl)cc3)sc2c1=O)NC[C@H]1COc2ccccc2O1. The normalized spacial score (nSPS) is 15.0. The molecule has 2 aromatic heterocycles. The van der Waals surface area contributed by atoms with E-state index < -0.39 is 0 Å². The zero-order valence-corrected chi connectivity index (χ0v) is 18.4. The molecule has 162 valence electrons. The van der Waals surface area contributed by atoms with Crippen molar-refractivity contribution in [3.05, 3.63) is 76.3 Å². The summed E-state index contributed by atoms with van der Waals surface area (Å²) in [6.07, 6.45) is 1.10. The molecule has 0 saturated carbocycles. The van der Waals surface area contributed by atoms with Crippen molar-refractivity contribution in [1.29, 1.82) is 0 Å². The van der Waals surface area contributed by atoms with E-state index in [0.717, 1.165) is 10.4 Å². The molecule has 0 fully saturated rings. The van der Waals surface area contributed by atoms with Crippen LogP contribution in [-0.2, 0) is 11.3 Å². The van der Waals surface area contributed by atoms with Crippen LogP contribution in [0, 0.1) is 0 Å². The number of nitrogens with zero attached hydrogens (tertiary/aromatic N) is 2. The first-order valence-electron chi connectivity index (χ1n) is 9.97. The van der Waals surface area contributed by atoms with E-state index in [4.69, 9.17) is 21.1 Å². The summed E-state index contributed by atoms with van der Waals surface area (Å²) in [5.74, 6) is 1.04. The fourth-order valence-electron chi connectivity index (χ4n) is 3.42. The summed E-state index contributed by atoms with van der Waals surface area (Å²) in [7, 11) is 0. The maximum Gasteiger partial charge on any atom is 0.271 e. The van der Waals surface area contributed by atoms with Crippen molar-refractivity contribution in [2.24, 2.45) is 0 Å². The molecule has 1 aliphatic heterocycles. The predicted molar refractivity (Wildman–Crippen MR) is 124 cm³/mol. The van der Waals surface area contributed by atoms with Gasteiger partial charge < -0.3 is 14.8 Å². The first-order valence-corrected chi connectivity index (χ1v) is 11.2. The van der Waals surface area contributed by atoms with Crippen molar-refractivity contribution in [3.8, 4) is 21.9 Å². The highest BCUT2D eigenvalue weighted by Gasteiger charge is 2.21. The van der Waals surface area contributed by atoms with Crippen LogP contribution < -0.4 is 20.3 Å². The van der Waals surface area contributed by atoms with Crippen LogP contribution in [0.2, 0.25) is 5.02 Å². The number of thiophene rings is 1. The quantitative estimate of drug-likeness (QED) is 0.483. The van der Waals surface area contributed by atoms with Gasteiger partial charge in [0.25, 0.3) is 5.56 Å². The summed E-state index contributed by atoms with van der Waals surface area (Å²) in [6, 6.07) is 16.7. The lowest BCUT2D eigenvalue weighted by Crippen LogP contribution is -2.42. The second-order valence-corrected chi connectivity index (χ2v) is 8.80. The molecule has 1 aliphatic rings. The predicted octanol–water partition coefficient (Wildman–Crippen LogP) is 3.73. The minimum atomic E-state index is -0.301. The van der Waals surface area contributed by atoms with Gasteiger partial charge in [-0.2, -0.15) is 0 Å². The van der Waals surface area contributed by atoms with Gasteiger partial charge in [-0.1, -0.05) is 35.9 Å². The molecule has 1 atom stereocenters. The number of benzene rings is 2. The Kier molecular flexibility index (Phi) is 5.55. The number of hydrogen-bond acceptors (Lipinski definition) is 6. The Morgan fingerprint density at radius 2 is 1.97 bits per heavy atom. The molecule has 1 amide bonds. The average molecular weight is 468 g/mol. The lowest BCUT2D eigenvalue weighted by atomic mass is 10.2. The molecular weight excluding hydrogens is 450 g/mol. The molecule has 0 aliphatic carbocycles. The number of para-hydroxylation sites is 2. The van der Waals surface area contributed by atoms with E-state index in [9.17, 15) is 9.59 Å². The van der Waals surface area contributed by atoms with Crippen molar-refractivity contribution >= 4 is 39.1 Å². The number of halogens is 1. The summed E-state index contributed by atoms with van der Waals surface area (Å²) in [5, 5.41) is 3.45. The zero-order valence-electron chi connectivity index (χ0n) is 16.8. The fourth-order valence-corrected chi connectivity index (χ4v) is 4.61. The number of nitrogens with one attached hydrogen (secondary N) is 1. The highest BCUT2D eigenvalue weighted by Crippen LogP contribution is 2.32. The molecule has 2 aromatic carbocycles. The second kappa shape index (κ2) is 8.64. The number of rotatable bonds is 5. The van der Waals surface area contributed by atoms with Crippen LogP contribution in [0.15, 0.2) is 65.7 Å². The summed E-state index contributed by atoms with van der Waals surface area (Å²) < 4.78 is 13.3. The minimum absolute atomic E-state index is 0.125. The summed E-state index contributed by atoms with van der Waals surface area (Å²) in [5.41, 5.74) is 1.31. The van der Waals surface area contributed by atoms with Gasteiger partial charge in [0.2, 0.25) is 5.91 Å². The number of aromatic nitrogens is 2. The van der Waals surface area contributed by atoms with Crippen molar-refractivity contribution in [3.63, 3.8) is 0 Å². The maximum absolute atomic E-state index is 12.9. The van der Waals surface area contributed by atoms with Gasteiger partial charge in [-0.25, -0.2) is 4.98 Å². The lowest BCUT2D eigenvalue weighted by Gasteiger charge is -2.26. The van der Waals surface area contributed by atoms with Gasteiger partial charge in [-0.3, -0.25) is 14.2 Å². The third kappa shape index (κ3) is 4.19. The Bertz CT molecular complexity index is 1350. The maximum atomic E-state index is 12.9. The van der Waals surface area contributed by atoms with Crippen molar-refractivity contribution < 1.29 is 14.3 Å². The molecule has 9 heteroatoms. The van der Waals surface area contributed by atoms with Gasteiger partial charge in [0, 0.05) is 9.90 Å². The Labute approximate surface area is 192 Å². The average Bonchev–Trinajstić information content (AvgIpc) is 3.25. The fraction of sp³-hybridized carbons (Fsp3) is 0.174. The van der Waals surface area contributed by atoms with Crippen molar-refractivity contribution in [2.75, 3.05) is 13.2 Å². The topological polar surface area (TPSA) is 82.5 Å². The number of ether oxygens (including phenoxy) is 2. The van der Waals surface area contributed by atoms with E-state index in [0.29, 0.717) is 33.3 Å². The minimum Gasteiger partial charge on any atom is -0.486 e. The van der Waals surface area contributed by atoms with Crippen LogP contribution in [0.5, 0.6) is 11.5 Å². The van der Waals surface area contributed by atoms with E-state index >= 15 is 0 Å². The molecule has 32 heavy (non-hydrogen) atoms. The third-order valence-corrected chi connectivity index (χ3v) is 6.45. The molecule has 3 heterocycles. The van der Waals surface area contributed by atoms with Gasteiger partial charge in [0.1, 0.15) is 24.0 Å². The highest BCUT2D eigenvalue weighted by molar-refractivity contribution is 7.22. The van der Waals surface area contributed by atoms with Crippen molar-refractivity contribution in [1.82, 2.24) is 14.9 Å². The van der Waals surface area contributed by atoms with E-state index in [-0.39, 0.29) is 30.7 Å². The van der Waals surface area contributed by atoms with Gasteiger partial charge in [0.05, 0.1) is 18.4 Å². The van der Waals surface area contributed by atoms with Gasteiger partial charge in [-0.05, 0) is 35.9 Å². The molecule has 0 spiro atoms. The van der Waals surface area contributed by atoms with E-state index in [2.05, 4.69) is 10.3 Å². The molecule has 7 nitrogen and oxygen atoms in total. The molecule has 0 saturated heterocycles. The summed E-state index contributed by atoms with van der Waals surface area (Å²) in [4.78, 5) is 30.6. The number of fused-ring (bicyclic) bond motifs is 2. The number of carbonyl (C=O) groups is 1. The number of hydrogen-bond donors (Lipinski definition) is 1. The van der Waals surface area contributed by atoms with Crippen molar-refractivity contribution in [2.45, 2.75) is 12.6 Å². The Morgan fingerprint density at radius 1 is 1.19 bits per heavy atom. The largest absolute Gasteiger partial charge is 0.486 e. The Balaban J connectivity index is 1.26. The third-order valence-electron chi connectivity index (χ3n) is 5.04. The molecule has 0 radical (unpaired) electrons. The molecule has 5 rings (SSSR count). The Hall–Kier alpha value is -3.36. The molecular formula is C23H18ClN3O4S. The van der Waals surface area contributed by atoms with E-state index in [1.807, 2.05) is 42.5 Å². The van der Waals surface area contributed by atoms with Gasteiger partial charge in [-0.15, -0.1) is 11.3 Å². The van der Waals surface area contributed by atoms with Gasteiger partial charge in [0.15, 0.2) is 11.5 Å². The zero-order chi connectivity index (χ0) is 22.1. The standard InChI is InChI=1S/C23H18ClN3O4S/c24-15-7-5-14(6-8-15)20-9-17-22(32-20)23(29)27(13-26-17)11-21(28)25-10-16-12-30-18-3-1-2-4-19(18)31-16/h1-9,13,16H,10-12H2,(H,25,28)/t16-/m0/s1. The first kappa shape index (κ1) is 20.5. The van der Waals surface area contributed by atoms with Gasteiger partial charge >= 0.3 is 0 Å². The first-order chi connectivity index (χ1) is 15.6. The van der Waals surface area contributed by atoms with Crippen LogP contribution in [-0.4, -0.2) is 34.7 Å². The molecule has 0 bridgehead atoms. The highest BCUT2D eigenvalue weighted by atomic mass is 35.5. The Morgan fingerprint density at radius 3 is 2.78 bits per heavy atom. The summed E-state index contributed by atoms with van der Waals surface area (Å²) in [6.45, 7) is 0.491. The smallest absolute Gasteiger partial charge is 0.271 e. The second-order valence-electron chi connectivity index (χ2n) is 7.31. The number of amides is 1. The molecule has 4 aromatic rings. The lowest BCUT2D eigenvalue weighted by molar-refractivity contribution is -0.122. The monoisotopic (exact) mass is 467 g/mol. The molecule has 0 unspecified atom stereocenters. The molecule has 1 N–H and O–H groups in total. The van der Waals surface area contributed by atoms with E-state index in [1.54, 1.807) is 12.1 Å². The van der Waals surface area contributed by atoms with Crippen LogP contribution in [0.1, 0.15) is 0 Å². The van der Waals surface area contributed by atoms with Crippen LogP contribution >= 0.6 is 22.9 Å². The van der Waals surface area contributed by atoms with Crippen LogP contribution in [0.4, 0.5) is 0 Å². The van der Waals surface area contributed by atoms with Crippen LogP contribution in [0.3, 0.4) is 0 Å². The summed E-state index contributed by atoms with van der Waals surface area (Å²) >= 11 is 7.30.